The van der Waals surface area contributed by atoms with Gasteiger partial charge in [0.2, 0.25) is 0 Å². The van der Waals surface area contributed by atoms with Crippen LogP contribution in [0.3, 0.4) is 0 Å². The van der Waals surface area contributed by atoms with Crippen LogP contribution in [0.2, 0.25) is 0 Å². The molecule has 0 unspecified atom stereocenters. The number of carboxylic acids is 1. The lowest BCUT2D eigenvalue weighted by Crippen LogP contribution is -2.04. The summed E-state index contributed by atoms with van der Waals surface area (Å²) >= 11 is 0. The van der Waals surface area contributed by atoms with Gasteiger partial charge in [0.05, 0.1) is 12.1 Å². The fourth-order valence-electron chi connectivity index (χ4n) is 2.17. The van der Waals surface area contributed by atoms with E-state index in [2.05, 4.69) is 9.55 Å². The normalized spacial score (nSPS) is 11.0. The zero-order chi connectivity index (χ0) is 13.4. The van der Waals surface area contributed by atoms with E-state index in [-0.39, 0.29) is 0 Å². The average molecular weight is 255 g/mol. The van der Waals surface area contributed by atoms with Crippen molar-refractivity contribution in [2.75, 3.05) is 0 Å². The lowest BCUT2D eigenvalue weighted by Gasteiger charge is -2.06. The van der Waals surface area contributed by atoms with Crippen molar-refractivity contribution in [2.24, 2.45) is 7.05 Å². The van der Waals surface area contributed by atoms with Crippen molar-refractivity contribution >= 4 is 16.9 Å². The largest absolute Gasteiger partial charge is 0.478 e. The topological polar surface area (TPSA) is 60.0 Å². The number of aromatic carboxylic acids is 1. The second-order valence-electron chi connectivity index (χ2n) is 4.48. The predicted octanol–water partition coefficient (Wildman–Crippen LogP) is 2.12. The van der Waals surface area contributed by atoms with Gasteiger partial charge in [0.15, 0.2) is 0 Å². The van der Waals surface area contributed by atoms with Crippen molar-refractivity contribution in [3.05, 3.63) is 54.2 Å². The van der Waals surface area contributed by atoms with Crippen LogP contribution in [0.1, 0.15) is 16.2 Å². The number of aromatic nitrogens is 3. The highest BCUT2D eigenvalue weighted by Gasteiger charge is 2.08. The number of rotatable bonds is 3. The van der Waals surface area contributed by atoms with E-state index in [4.69, 9.17) is 5.11 Å². The van der Waals surface area contributed by atoms with E-state index in [1.165, 1.54) is 0 Å². The van der Waals surface area contributed by atoms with Gasteiger partial charge in [0, 0.05) is 36.5 Å². The second-order valence-corrected chi connectivity index (χ2v) is 4.48. The van der Waals surface area contributed by atoms with E-state index in [9.17, 15) is 4.79 Å². The van der Waals surface area contributed by atoms with Crippen molar-refractivity contribution in [1.82, 2.24) is 14.1 Å². The Morgan fingerprint density at radius 3 is 2.84 bits per heavy atom. The zero-order valence-electron chi connectivity index (χ0n) is 10.4. The molecule has 0 amide bonds. The number of hydrogen-bond acceptors (Lipinski definition) is 2. The van der Waals surface area contributed by atoms with Crippen LogP contribution in [-0.4, -0.2) is 25.2 Å². The molecule has 0 aliphatic rings. The van der Waals surface area contributed by atoms with Crippen molar-refractivity contribution in [3.63, 3.8) is 0 Å². The Hall–Kier alpha value is -2.56. The fraction of sp³-hybridized carbons (Fsp3) is 0.143. The summed E-state index contributed by atoms with van der Waals surface area (Å²) in [5, 5.41) is 9.90. The van der Waals surface area contributed by atoms with Gasteiger partial charge in [-0.05, 0) is 24.3 Å². The van der Waals surface area contributed by atoms with Crippen LogP contribution < -0.4 is 0 Å². The molecule has 2 aromatic heterocycles. The van der Waals surface area contributed by atoms with Crippen molar-refractivity contribution in [2.45, 2.75) is 6.54 Å². The third kappa shape index (κ3) is 1.99. The van der Waals surface area contributed by atoms with Gasteiger partial charge in [-0.15, -0.1) is 0 Å². The van der Waals surface area contributed by atoms with Crippen LogP contribution in [0.15, 0.2) is 42.9 Å². The van der Waals surface area contributed by atoms with E-state index in [0.717, 1.165) is 16.7 Å². The first-order valence-electron chi connectivity index (χ1n) is 5.93. The molecule has 1 N–H and O–H groups in total. The molecule has 0 aliphatic heterocycles. The predicted molar refractivity (Wildman–Crippen MR) is 71.2 cm³/mol. The summed E-state index contributed by atoms with van der Waals surface area (Å²) in [4.78, 5) is 15.2. The van der Waals surface area contributed by atoms with Gasteiger partial charge >= 0.3 is 5.97 Å². The van der Waals surface area contributed by atoms with Crippen LogP contribution in [0, 0.1) is 0 Å². The molecule has 0 atom stereocenters. The first-order chi connectivity index (χ1) is 9.15. The molecule has 3 rings (SSSR count). The lowest BCUT2D eigenvalue weighted by atomic mass is 10.1. The highest BCUT2D eigenvalue weighted by Crippen LogP contribution is 2.18. The van der Waals surface area contributed by atoms with E-state index in [1.54, 1.807) is 18.3 Å². The number of carbonyl (C=O) groups is 1. The Balaban J connectivity index is 2.02. The minimum Gasteiger partial charge on any atom is -0.478 e. The van der Waals surface area contributed by atoms with Gasteiger partial charge in [0.1, 0.15) is 5.82 Å². The Bertz CT molecular complexity index is 755. The fourth-order valence-corrected chi connectivity index (χ4v) is 2.17. The third-order valence-electron chi connectivity index (χ3n) is 3.25. The smallest absolute Gasteiger partial charge is 0.335 e. The van der Waals surface area contributed by atoms with Crippen LogP contribution in [-0.2, 0) is 13.6 Å². The van der Waals surface area contributed by atoms with Gasteiger partial charge in [-0.2, -0.15) is 0 Å². The Morgan fingerprint density at radius 2 is 2.16 bits per heavy atom. The molecule has 1 aromatic carbocycles. The molecule has 0 aliphatic carbocycles. The van der Waals surface area contributed by atoms with Crippen LogP contribution in [0.25, 0.3) is 10.9 Å². The lowest BCUT2D eigenvalue weighted by molar-refractivity contribution is 0.0697. The van der Waals surface area contributed by atoms with Crippen molar-refractivity contribution in [1.29, 1.82) is 0 Å². The molecular formula is C14H13N3O2. The molecule has 5 heteroatoms. The highest BCUT2D eigenvalue weighted by atomic mass is 16.4. The van der Waals surface area contributed by atoms with Gasteiger partial charge < -0.3 is 14.2 Å². The molecule has 0 bridgehead atoms. The molecule has 0 fully saturated rings. The summed E-state index contributed by atoms with van der Waals surface area (Å²) in [7, 11) is 1.95. The van der Waals surface area contributed by atoms with Crippen molar-refractivity contribution < 1.29 is 9.90 Å². The standard InChI is InChI=1S/C14H13N3O2/c1-16-7-5-15-13(16)9-17-6-4-10-8-11(14(18)19)2-3-12(10)17/h2-8H,9H2,1H3,(H,18,19). The number of benzene rings is 1. The second kappa shape index (κ2) is 4.28. The molecule has 3 aromatic rings. The maximum Gasteiger partial charge on any atom is 0.335 e. The number of imidazole rings is 1. The summed E-state index contributed by atoms with van der Waals surface area (Å²) in [6, 6.07) is 7.07. The number of hydrogen-bond donors (Lipinski definition) is 1. The monoisotopic (exact) mass is 255 g/mol. The average Bonchev–Trinajstić information content (AvgIpc) is 2.97. The van der Waals surface area contributed by atoms with E-state index < -0.39 is 5.97 Å². The SMILES string of the molecule is Cn1ccnc1Cn1ccc2cc(C(=O)O)ccc21. The molecule has 96 valence electrons. The van der Waals surface area contributed by atoms with E-state index in [1.807, 2.05) is 36.1 Å². The minimum absolute atomic E-state index is 0.308. The summed E-state index contributed by atoms with van der Waals surface area (Å²) in [5.74, 6) is 0.0542. The Kier molecular flexibility index (Phi) is 2.59. The maximum absolute atomic E-state index is 10.9. The molecule has 0 saturated heterocycles. The van der Waals surface area contributed by atoms with Gasteiger partial charge in [-0.25, -0.2) is 9.78 Å². The van der Waals surface area contributed by atoms with Gasteiger partial charge in [-0.3, -0.25) is 0 Å². The van der Waals surface area contributed by atoms with E-state index >= 15 is 0 Å². The van der Waals surface area contributed by atoms with Crippen LogP contribution in [0.4, 0.5) is 0 Å². The number of fused-ring (bicyclic) bond motifs is 1. The molecule has 0 saturated carbocycles. The molecule has 0 radical (unpaired) electrons. The maximum atomic E-state index is 10.9. The molecular weight excluding hydrogens is 242 g/mol. The highest BCUT2D eigenvalue weighted by molar-refractivity contribution is 5.93. The van der Waals surface area contributed by atoms with Crippen molar-refractivity contribution in [3.8, 4) is 0 Å². The minimum atomic E-state index is -0.904. The summed E-state index contributed by atoms with van der Waals surface area (Å²) in [5.41, 5.74) is 1.32. The van der Waals surface area contributed by atoms with Crippen LogP contribution in [0.5, 0.6) is 0 Å². The number of nitrogens with zero attached hydrogens (tertiary/aromatic N) is 3. The summed E-state index contributed by atoms with van der Waals surface area (Å²) in [6.45, 7) is 0.666. The molecule has 2 heterocycles. The molecule has 5 nitrogen and oxygen atoms in total. The first kappa shape index (κ1) is 11.5. The van der Waals surface area contributed by atoms with Gasteiger partial charge in [-0.1, -0.05) is 0 Å². The number of aryl methyl sites for hydroxylation is 1. The Morgan fingerprint density at radius 1 is 1.32 bits per heavy atom. The summed E-state index contributed by atoms with van der Waals surface area (Å²) in [6.07, 6.45) is 5.62. The quantitative estimate of drug-likeness (QED) is 0.779. The van der Waals surface area contributed by atoms with E-state index in [0.29, 0.717) is 12.1 Å². The summed E-state index contributed by atoms with van der Waals surface area (Å²) < 4.78 is 4.03. The zero-order valence-corrected chi connectivity index (χ0v) is 10.4. The molecule has 0 spiro atoms. The third-order valence-corrected chi connectivity index (χ3v) is 3.25. The first-order valence-corrected chi connectivity index (χ1v) is 5.93. The Labute approximate surface area is 109 Å². The van der Waals surface area contributed by atoms with Crippen LogP contribution >= 0.6 is 0 Å². The molecule has 19 heavy (non-hydrogen) atoms. The van der Waals surface area contributed by atoms with Gasteiger partial charge in [0.25, 0.3) is 0 Å². The number of carboxylic acid groups (broad SMARTS) is 1.